The number of hydrogen-bond donors (Lipinski definition) is 4. The zero-order valence-electron chi connectivity index (χ0n) is 18.0. The number of halogens is 3. The molecule has 0 unspecified atom stereocenters. The summed E-state index contributed by atoms with van der Waals surface area (Å²) in [6, 6.07) is 11.5. The molecule has 1 aromatic heterocycles. The number of benzene rings is 2. The van der Waals surface area contributed by atoms with Crippen LogP contribution >= 0.6 is 11.6 Å². The van der Waals surface area contributed by atoms with Crippen molar-refractivity contribution in [1.82, 2.24) is 15.7 Å². The van der Waals surface area contributed by atoms with Crippen LogP contribution in [0.25, 0.3) is 11.1 Å². The molecule has 6 N–H and O–H groups in total. The normalized spacial score (nSPS) is 11.5. The van der Waals surface area contributed by atoms with Gasteiger partial charge in [0.2, 0.25) is 5.82 Å². The maximum Gasteiger partial charge on any atom is 0.202 e. The fraction of sp³-hybridized carbons (Fsp3) is 0.217. The molecule has 3 rings (SSSR count). The minimum Gasteiger partial charge on any atom is -0.490 e. The van der Waals surface area contributed by atoms with Gasteiger partial charge in [-0.2, -0.15) is 4.39 Å². The average Bonchev–Trinajstić information content (AvgIpc) is 2.81. The van der Waals surface area contributed by atoms with Crippen molar-refractivity contribution in [3.8, 4) is 16.9 Å². The Labute approximate surface area is 195 Å². The highest BCUT2D eigenvalue weighted by Crippen LogP contribution is 2.29. The fourth-order valence-corrected chi connectivity index (χ4v) is 3.25. The number of nitrogens with zero attached hydrogens (tertiary/aromatic N) is 2. The minimum absolute atomic E-state index is 0.0153. The Hall–Kier alpha value is -3.27. The lowest BCUT2D eigenvalue weighted by Crippen LogP contribution is -2.31. The molecule has 0 saturated heterocycles. The third kappa shape index (κ3) is 6.16. The first-order valence-corrected chi connectivity index (χ1v) is 10.7. The average molecular weight is 475 g/mol. The van der Waals surface area contributed by atoms with E-state index in [1.54, 1.807) is 30.5 Å². The van der Waals surface area contributed by atoms with E-state index < -0.39 is 11.6 Å². The summed E-state index contributed by atoms with van der Waals surface area (Å²) in [5.74, 6) is 3.27. The van der Waals surface area contributed by atoms with Gasteiger partial charge in [-0.15, -0.1) is 0 Å². The highest BCUT2D eigenvalue weighted by molar-refractivity contribution is 6.30. The van der Waals surface area contributed by atoms with Gasteiger partial charge < -0.3 is 21.2 Å². The van der Waals surface area contributed by atoms with Crippen molar-refractivity contribution in [3.05, 3.63) is 70.9 Å². The predicted octanol–water partition coefficient (Wildman–Crippen LogP) is 4.18. The molecule has 0 spiro atoms. The standard InChI is InChI=1S/C23H25ClF2N6O/c1-2-29-9-4-10-33-19-8-7-18(20(25)21(19)26)31-23(32-28)17-12-15(13-30-22(17)27)14-5-3-6-16(24)11-14/h3,5-8,11-13,29H,2,4,9-10,28H2,1H3,(H2,27,30)(H,31,32). The summed E-state index contributed by atoms with van der Waals surface area (Å²) < 4.78 is 34.5. The van der Waals surface area contributed by atoms with Gasteiger partial charge in [-0.25, -0.2) is 20.2 Å². The lowest BCUT2D eigenvalue weighted by atomic mass is 10.1. The molecule has 0 bridgehead atoms. The Morgan fingerprint density at radius 3 is 2.70 bits per heavy atom. The number of nitrogen functional groups attached to an aromatic ring is 1. The van der Waals surface area contributed by atoms with E-state index in [1.807, 2.05) is 13.0 Å². The van der Waals surface area contributed by atoms with E-state index in [-0.39, 0.29) is 29.7 Å². The van der Waals surface area contributed by atoms with Crippen LogP contribution < -0.4 is 27.1 Å². The zero-order valence-corrected chi connectivity index (χ0v) is 18.8. The summed E-state index contributed by atoms with van der Waals surface area (Å²) >= 11 is 6.07. The predicted molar refractivity (Wildman–Crippen MR) is 128 cm³/mol. The number of anilines is 1. The van der Waals surface area contributed by atoms with Crippen molar-refractivity contribution in [2.24, 2.45) is 10.8 Å². The first-order valence-electron chi connectivity index (χ1n) is 10.3. The third-order valence-corrected chi connectivity index (χ3v) is 4.97. The first kappa shape index (κ1) is 24.4. The number of hydrazine groups is 1. The van der Waals surface area contributed by atoms with Crippen molar-refractivity contribution in [2.75, 3.05) is 25.4 Å². The van der Waals surface area contributed by atoms with Crippen LogP contribution in [0.5, 0.6) is 5.75 Å². The number of nitrogens with one attached hydrogen (secondary N) is 2. The molecule has 0 fully saturated rings. The second kappa shape index (κ2) is 11.6. The van der Waals surface area contributed by atoms with Crippen molar-refractivity contribution < 1.29 is 13.5 Å². The van der Waals surface area contributed by atoms with E-state index in [9.17, 15) is 8.78 Å². The van der Waals surface area contributed by atoms with Gasteiger partial charge in [0.15, 0.2) is 17.4 Å². The molecule has 7 nitrogen and oxygen atoms in total. The Kier molecular flexibility index (Phi) is 8.53. The highest BCUT2D eigenvalue weighted by Gasteiger charge is 2.17. The summed E-state index contributed by atoms with van der Waals surface area (Å²) in [6.45, 7) is 3.78. The smallest absolute Gasteiger partial charge is 0.202 e. The summed E-state index contributed by atoms with van der Waals surface area (Å²) in [5, 5.41) is 3.68. The van der Waals surface area contributed by atoms with Crippen LogP contribution in [0.4, 0.5) is 20.3 Å². The lowest BCUT2D eigenvalue weighted by molar-refractivity contribution is 0.288. The van der Waals surface area contributed by atoms with Gasteiger partial charge in [0.05, 0.1) is 12.2 Å². The maximum absolute atomic E-state index is 14.7. The number of aromatic nitrogens is 1. The fourth-order valence-electron chi connectivity index (χ4n) is 3.06. The summed E-state index contributed by atoms with van der Waals surface area (Å²) in [6.07, 6.45) is 2.23. The maximum atomic E-state index is 14.7. The molecule has 0 radical (unpaired) electrons. The minimum atomic E-state index is -1.16. The van der Waals surface area contributed by atoms with Gasteiger partial charge in [-0.1, -0.05) is 30.7 Å². The van der Waals surface area contributed by atoms with Crippen molar-refractivity contribution in [3.63, 3.8) is 0 Å². The molecule has 0 amide bonds. The molecule has 0 aliphatic heterocycles. The number of amidine groups is 1. The largest absolute Gasteiger partial charge is 0.490 e. The van der Waals surface area contributed by atoms with Gasteiger partial charge in [-0.05, 0) is 55.4 Å². The molecule has 0 saturated carbocycles. The molecule has 0 aliphatic carbocycles. The number of nitrogens with two attached hydrogens (primary N) is 2. The van der Waals surface area contributed by atoms with Gasteiger partial charge in [-0.3, -0.25) is 0 Å². The molecule has 10 heteroatoms. The number of aliphatic imine (C=N–C) groups is 1. The number of hydrogen-bond acceptors (Lipinski definition) is 6. The van der Waals surface area contributed by atoms with E-state index in [0.717, 1.165) is 18.7 Å². The van der Waals surface area contributed by atoms with Crippen LogP contribution in [0, 0.1) is 11.6 Å². The Morgan fingerprint density at radius 2 is 1.97 bits per heavy atom. The van der Waals surface area contributed by atoms with Gasteiger partial charge in [0.25, 0.3) is 0 Å². The quantitative estimate of drug-likeness (QED) is 0.122. The van der Waals surface area contributed by atoms with Crippen LogP contribution in [-0.2, 0) is 0 Å². The van der Waals surface area contributed by atoms with E-state index in [2.05, 4.69) is 20.7 Å². The second-order valence-corrected chi connectivity index (χ2v) is 7.47. The van der Waals surface area contributed by atoms with Crippen LogP contribution in [0.15, 0.2) is 53.7 Å². The Balaban J connectivity index is 1.89. The zero-order chi connectivity index (χ0) is 23.8. The van der Waals surface area contributed by atoms with Gasteiger partial charge >= 0.3 is 0 Å². The summed E-state index contributed by atoms with van der Waals surface area (Å²) in [7, 11) is 0. The van der Waals surface area contributed by atoms with E-state index >= 15 is 0 Å². The molecule has 2 aromatic carbocycles. The Morgan fingerprint density at radius 1 is 1.15 bits per heavy atom. The van der Waals surface area contributed by atoms with E-state index in [0.29, 0.717) is 22.6 Å². The van der Waals surface area contributed by atoms with E-state index in [4.69, 9.17) is 27.9 Å². The molecule has 174 valence electrons. The topological polar surface area (TPSA) is 111 Å². The number of ether oxygens (including phenoxy) is 1. The van der Waals surface area contributed by atoms with E-state index in [1.165, 1.54) is 12.1 Å². The lowest BCUT2D eigenvalue weighted by Gasteiger charge is -2.12. The molecular weight excluding hydrogens is 450 g/mol. The molecular formula is C23H25ClF2N6O. The molecule has 1 heterocycles. The number of pyridine rings is 1. The molecule has 3 aromatic rings. The molecule has 0 aliphatic rings. The number of rotatable bonds is 9. The first-order chi connectivity index (χ1) is 15.9. The molecule has 33 heavy (non-hydrogen) atoms. The Bertz CT molecular complexity index is 1140. The van der Waals surface area contributed by atoms with Gasteiger partial charge in [0.1, 0.15) is 11.5 Å². The highest BCUT2D eigenvalue weighted by atomic mass is 35.5. The van der Waals surface area contributed by atoms with Crippen LogP contribution in [0.2, 0.25) is 5.02 Å². The summed E-state index contributed by atoms with van der Waals surface area (Å²) in [4.78, 5) is 8.31. The third-order valence-electron chi connectivity index (χ3n) is 4.73. The van der Waals surface area contributed by atoms with Crippen LogP contribution in [-0.4, -0.2) is 30.5 Å². The molecule has 0 atom stereocenters. The van der Waals surface area contributed by atoms with Crippen LogP contribution in [0.1, 0.15) is 18.9 Å². The van der Waals surface area contributed by atoms with Crippen molar-refractivity contribution in [1.29, 1.82) is 0 Å². The monoisotopic (exact) mass is 474 g/mol. The SMILES string of the molecule is CCNCCCOc1ccc(N=C(NN)c2cc(-c3cccc(Cl)c3)cnc2N)c(F)c1F. The van der Waals surface area contributed by atoms with Crippen molar-refractivity contribution >= 4 is 28.9 Å². The second-order valence-electron chi connectivity index (χ2n) is 7.04. The summed E-state index contributed by atoms with van der Waals surface area (Å²) in [5.41, 5.74) is 9.92. The van der Waals surface area contributed by atoms with Gasteiger partial charge in [0, 0.05) is 16.8 Å². The van der Waals surface area contributed by atoms with Crippen molar-refractivity contribution in [2.45, 2.75) is 13.3 Å². The van der Waals surface area contributed by atoms with Crippen LogP contribution in [0.3, 0.4) is 0 Å².